The highest BCUT2D eigenvalue weighted by molar-refractivity contribution is 5.33. The second-order valence-electron chi connectivity index (χ2n) is 5.26. The fourth-order valence-corrected chi connectivity index (χ4v) is 2.76. The molecule has 1 aliphatic carbocycles. The van der Waals surface area contributed by atoms with E-state index in [1.807, 2.05) is 7.05 Å². The zero-order valence-corrected chi connectivity index (χ0v) is 10.2. The van der Waals surface area contributed by atoms with Crippen molar-refractivity contribution >= 4 is 0 Å². The molecule has 1 aromatic rings. The average molecular weight is 243 g/mol. The van der Waals surface area contributed by atoms with Gasteiger partial charge in [-0.05, 0) is 48.5 Å². The summed E-state index contributed by atoms with van der Waals surface area (Å²) in [6.45, 7) is 4.90. The van der Waals surface area contributed by atoms with E-state index in [-0.39, 0.29) is 11.3 Å². The van der Waals surface area contributed by atoms with Gasteiger partial charge < -0.3 is 5.32 Å². The summed E-state index contributed by atoms with van der Waals surface area (Å²) in [6, 6.07) is 2.22. The van der Waals surface area contributed by atoms with Crippen molar-refractivity contribution in [3.05, 3.63) is 35.1 Å². The largest absolute Gasteiger partial charge is 0.319 e. The number of hydrogen-bond acceptors (Lipinski definition) is 1. The molecule has 0 saturated heterocycles. The fourth-order valence-electron chi connectivity index (χ4n) is 2.76. The molecule has 1 fully saturated rings. The van der Waals surface area contributed by atoms with Gasteiger partial charge in [0.2, 0.25) is 0 Å². The molecular formula is C13H16F3N. The smallest absolute Gasteiger partial charge is 0.194 e. The van der Waals surface area contributed by atoms with E-state index in [0.29, 0.717) is 11.5 Å². The second-order valence-corrected chi connectivity index (χ2v) is 5.26. The molecule has 1 aromatic carbocycles. The first-order valence-electron chi connectivity index (χ1n) is 5.68. The average Bonchev–Trinajstić information content (AvgIpc) is 2.77. The SMILES string of the molecule is CNCC1C(c2cc(F)c(F)c(F)c2)C1(C)C. The zero-order chi connectivity index (χ0) is 12.8. The van der Waals surface area contributed by atoms with Crippen molar-refractivity contribution in [3.63, 3.8) is 0 Å². The number of benzene rings is 1. The van der Waals surface area contributed by atoms with Gasteiger partial charge >= 0.3 is 0 Å². The zero-order valence-electron chi connectivity index (χ0n) is 10.2. The maximum Gasteiger partial charge on any atom is 0.194 e. The van der Waals surface area contributed by atoms with Crippen molar-refractivity contribution in [2.45, 2.75) is 19.8 Å². The van der Waals surface area contributed by atoms with Crippen LogP contribution in [0.1, 0.15) is 25.3 Å². The predicted molar refractivity (Wildman–Crippen MR) is 60.3 cm³/mol. The van der Waals surface area contributed by atoms with E-state index in [9.17, 15) is 13.2 Å². The van der Waals surface area contributed by atoms with Gasteiger partial charge in [0.15, 0.2) is 17.5 Å². The molecule has 17 heavy (non-hydrogen) atoms. The third-order valence-corrected chi connectivity index (χ3v) is 3.84. The van der Waals surface area contributed by atoms with Gasteiger partial charge in [-0.3, -0.25) is 0 Å². The van der Waals surface area contributed by atoms with Crippen LogP contribution in [0, 0.1) is 28.8 Å². The molecule has 1 nitrogen and oxygen atoms in total. The summed E-state index contributed by atoms with van der Waals surface area (Å²) in [5, 5.41) is 3.06. The first-order valence-corrected chi connectivity index (χ1v) is 5.68. The van der Waals surface area contributed by atoms with E-state index in [0.717, 1.165) is 18.7 Å². The van der Waals surface area contributed by atoms with Crippen molar-refractivity contribution < 1.29 is 13.2 Å². The van der Waals surface area contributed by atoms with Crippen LogP contribution < -0.4 is 5.32 Å². The Morgan fingerprint density at radius 2 is 1.71 bits per heavy atom. The van der Waals surface area contributed by atoms with Crippen molar-refractivity contribution in [3.8, 4) is 0 Å². The molecule has 0 heterocycles. The molecule has 2 rings (SSSR count). The van der Waals surface area contributed by atoms with E-state index in [2.05, 4.69) is 19.2 Å². The first kappa shape index (κ1) is 12.4. The van der Waals surface area contributed by atoms with Gasteiger partial charge in [-0.25, -0.2) is 13.2 Å². The molecule has 2 atom stereocenters. The van der Waals surface area contributed by atoms with Gasteiger partial charge in [-0.15, -0.1) is 0 Å². The van der Waals surface area contributed by atoms with Crippen LogP contribution in [-0.2, 0) is 0 Å². The van der Waals surface area contributed by atoms with Crippen LogP contribution in [-0.4, -0.2) is 13.6 Å². The van der Waals surface area contributed by atoms with Crippen LogP contribution >= 0.6 is 0 Å². The molecular weight excluding hydrogens is 227 g/mol. The summed E-state index contributed by atoms with van der Waals surface area (Å²) in [4.78, 5) is 0. The molecule has 1 N–H and O–H groups in total. The summed E-state index contributed by atoms with van der Waals surface area (Å²) in [5.74, 6) is -3.19. The van der Waals surface area contributed by atoms with Gasteiger partial charge in [-0.1, -0.05) is 13.8 Å². The van der Waals surface area contributed by atoms with Crippen LogP contribution in [0.3, 0.4) is 0 Å². The summed E-state index contributed by atoms with van der Waals surface area (Å²) in [7, 11) is 1.84. The van der Waals surface area contributed by atoms with E-state index < -0.39 is 17.5 Å². The highest BCUT2D eigenvalue weighted by Gasteiger charge is 2.57. The number of hydrogen-bond donors (Lipinski definition) is 1. The lowest BCUT2D eigenvalue weighted by molar-refractivity contribution is 0.444. The quantitative estimate of drug-likeness (QED) is 0.804. The lowest BCUT2D eigenvalue weighted by Gasteiger charge is -2.04. The molecule has 1 saturated carbocycles. The van der Waals surface area contributed by atoms with Gasteiger partial charge in [-0.2, -0.15) is 0 Å². The third kappa shape index (κ3) is 1.95. The minimum Gasteiger partial charge on any atom is -0.319 e. The Hall–Kier alpha value is -1.03. The first-order chi connectivity index (χ1) is 7.89. The summed E-state index contributed by atoms with van der Waals surface area (Å²) in [6.07, 6.45) is 0. The third-order valence-electron chi connectivity index (χ3n) is 3.84. The maximum absolute atomic E-state index is 13.2. The maximum atomic E-state index is 13.2. The number of rotatable bonds is 3. The van der Waals surface area contributed by atoms with Crippen LogP contribution in [0.15, 0.2) is 12.1 Å². The van der Waals surface area contributed by atoms with E-state index in [1.165, 1.54) is 0 Å². The van der Waals surface area contributed by atoms with E-state index in [4.69, 9.17) is 0 Å². The molecule has 0 bridgehead atoms. The van der Waals surface area contributed by atoms with Crippen LogP contribution in [0.4, 0.5) is 13.2 Å². The van der Waals surface area contributed by atoms with Crippen LogP contribution in [0.2, 0.25) is 0 Å². The highest BCUT2D eigenvalue weighted by Crippen LogP contribution is 2.64. The second kappa shape index (κ2) is 4.02. The van der Waals surface area contributed by atoms with E-state index >= 15 is 0 Å². The minimum atomic E-state index is -1.39. The van der Waals surface area contributed by atoms with Gasteiger partial charge in [0, 0.05) is 0 Å². The summed E-state index contributed by atoms with van der Waals surface area (Å²) in [5.41, 5.74) is 0.548. The number of halogens is 3. The lowest BCUT2D eigenvalue weighted by Crippen LogP contribution is -2.12. The van der Waals surface area contributed by atoms with Crippen LogP contribution in [0.25, 0.3) is 0 Å². The Labute approximate surface area is 99.0 Å². The highest BCUT2D eigenvalue weighted by atomic mass is 19.2. The van der Waals surface area contributed by atoms with Gasteiger partial charge in [0.05, 0.1) is 0 Å². The van der Waals surface area contributed by atoms with Crippen molar-refractivity contribution in [1.82, 2.24) is 5.32 Å². The lowest BCUT2D eigenvalue weighted by atomic mass is 10.0. The Balaban J connectivity index is 2.31. The molecule has 0 radical (unpaired) electrons. The molecule has 0 amide bonds. The Morgan fingerprint density at radius 3 is 2.18 bits per heavy atom. The molecule has 0 aliphatic heterocycles. The van der Waals surface area contributed by atoms with Gasteiger partial charge in [0.1, 0.15) is 0 Å². The van der Waals surface area contributed by atoms with Crippen LogP contribution in [0.5, 0.6) is 0 Å². The molecule has 4 heteroatoms. The van der Waals surface area contributed by atoms with Gasteiger partial charge in [0.25, 0.3) is 0 Å². The molecule has 0 spiro atoms. The normalized spacial score (nSPS) is 26.0. The van der Waals surface area contributed by atoms with Crippen molar-refractivity contribution in [2.75, 3.05) is 13.6 Å². The Kier molecular flexibility index (Phi) is 2.94. The summed E-state index contributed by atoms with van der Waals surface area (Å²) >= 11 is 0. The molecule has 0 aromatic heterocycles. The Bertz CT molecular complexity index is 419. The molecule has 2 unspecified atom stereocenters. The number of nitrogens with one attached hydrogen (secondary N) is 1. The minimum absolute atomic E-state index is 0.000278. The molecule has 94 valence electrons. The van der Waals surface area contributed by atoms with E-state index in [1.54, 1.807) is 0 Å². The topological polar surface area (TPSA) is 12.0 Å². The summed E-state index contributed by atoms with van der Waals surface area (Å²) < 4.78 is 39.2. The Morgan fingerprint density at radius 1 is 1.18 bits per heavy atom. The van der Waals surface area contributed by atoms with Crippen molar-refractivity contribution in [2.24, 2.45) is 11.3 Å². The standard InChI is InChI=1S/C13H16F3N/c1-13(2)8(6-17-3)11(13)7-4-9(14)12(16)10(15)5-7/h4-5,8,11,17H,6H2,1-3H3. The van der Waals surface area contributed by atoms with Crippen molar-refractivity contribution in [1.29, 1.82) is 0 Å². The molecule has 1 aliphatic rings. The monoisotopic (exact) mass is 243 g/mol. The fraction of sp³-hybridized carbons (Fsp3) is 0.538. The predicted octanol–water partition coefficient (Wildman–Crippen LogP) is 3.06.